The highest BCUT2D eigenvalue weighted by Crippen LogP contribution is 2.14. The summed E-state index contributed by atoms with van der Waals surface area (Å²) in [5.41, 5.74) is 6.74. The number of carbonyl (C=O) groups excluding carboxylic acids is 1. The number of anilines is 2. The third-order valence-electron chi connectivity index (χ3n) is 3.90. The lowest BCUT2D eigenvalue weighted by atomic mass is 10.2. The van der Waals surface area contributed by atoms with Crippen LogP contribution in [-0.4, -0.2) is 31.8 Å². The van der Waals surface area contributed by atoms with Crippen LogP contribution in [0.15, 0.2) is 53.6 Å². The van der Waals surface area contributed by atoms with Crippen molar-refractivity contribution in [1.82, 2.24) is 5.43 Å². The molecule has 5 heteroatoms. The summed E-state index contributed by atoms with van der Waals surface area (Å²) in [6.07, 6.45) is 1.65. The van der Waals surface area contributed by atoms with E-state index in [2.05, 4.69) is 46.7 Å². The quantitative estimate of drug-likeness (QED) is 0.573. The van der Waals surface area contributed by atoms with Crippen LogP contribution in [0.3, 0.4) is 0 Å². The van der Waals surface area contributed by atoms with Crippen molar-refractivity contribution in [3.05, 3.63) is 59.7 Å². The van der Waals surface area contributed by atoms with Gasteiger partial charge in [-0.05, 0) is 56.2 Å². The number of hydrogen-bond acceptors (Lipinski definition) is 4. The first-order valence-corrected chi connectivity index (χ1v) is 8.59. The van der Waals surface area contributed by atoms with Crippen LogP contribution >= 0.6 is 0 Å². The average Bonchev–Trinajstić information content (AvgIpc) is 2.62. The molecule has 0 saturated carbocycles. The normalized spacial score (nSPS) is 10.7. The predicted molar refractivity (Wildman–Crippen MR) is 105 cm³/mol. The SMILES string of the molecule is CCN(CC)c1ccc(/C=N\NC(=O)CNc2cccc(C)c2)cc1. The second-order valence-electron chi connectivity index (χ2n) is 5.78. The van der Waals surface area contributed by atoms with Crippen molar-refractivity contribution >= 4 is 23.5 Å². The van der Waals surface area contributed by atoms with E-state index in [1.807, 2.05) is 43.3 Å². The van der Waals surface area contributed by atoms with Crippen LogP contribution in [0.4, 0.5) is 11.4 Å². The molecule has 0 spiro atoms. The molecule has 132 valence electrons. The molecule has 2 aromatic rings. The van der Waals surface area contributed by atoms with Gasteiger partial charge in [0.2, 0.25) is 0 Å². The molecule has 2 rings (SSSR count). The van der Waals surface area contributed by atoms with Crippen LogP contribution in [0.25, 0.3) is 0 Å². The van der Waals surface area contributed by atoms with E-state index in [0.29, 0.717) is 0 Å². The summed E-state index contributed by atoms with van der Waals surface area (Å²) in [6.45, 7) is 8.43. The highest BCUT2D eigenvalue weighted by Gasteiger charge is 2.01. The van der Waals surface area contributed by atoms with Crippen molar-refractivity contribution in [2.75, 3.05) is 29.9 Å². The van der Waals surface area contributed by atoms with Gasteiger partial charge in [-0.3, -0.25) is 4.79 Å². The summed E-state index contributed by atoms with van der Waals surface area (Å²) in [5, 5.41) is 7.08. The predicted octanol–water partition coefficient (Wildman–Crippen LogP) is 3.40. The van der Waals surface area contributed by atoms with E-state index in [1.54, 1.807) is 6.21 Å². The molecule has 1 amide bonds. The molecule has 0 aliphatic rings. The molecule has 0 fully saturated rings. The summed E-state index contributed by atoms with van der Waals surface area (Å²) >= 11 is 0. The fourth-order valence-corrected chi connectivity index (χ4v) is 2.52. The number of amides is 1. The Hall–Kier alpha value is -2.82. The molecule has 0 atom stereocenters. The Morgan fingerprint density at radius 2 is 1.84 bits per heavy atom. The van der Waals surface area contributed by atoms with Crippen molar-refractivity contribution in [2.45, 2.75) is 20.8 Å². The van der Waals surface area contributed by atoms with Gasteiger partial charge in [-0.15, -0.1) is 0 Å². The molecule has 2 aromatic carbocycles. The first-order valence-electron chi connectivity index (χ1n) is 8.59. The Balaban J connectivity index is 1.80. The summed E-state index contributed by atoms with van der Waals surface area (Å²) < 4.78 is 0. The number of rotatable bonds is 8. The number of hydrazone groups is 1. The largest absolute Gasteiger partial charge is 0.376 e. The van der Waals surface area contributed by atoms with E-state index >= 15 is 0 Å². The van der Waals surface area contributed by atoms with E-state index in [9.17, 15) is 4.79 Å². The van der Waals surface area contributed by atoms with Gasteiger partial charge in [-0.1, -0.05) is 24.3 Å². The molecule has 25 heavy (non-hydrogen) atoms. The number of aryl methyl sites for hydroxylation is 1. The Bertz CT molecular complexity index is 706. The Kier molecular flexibility index (Phi) is 7.01. The Morgan fingerprint density at radius 1 is 1.12 bits per heavy atom. The molecule has 0 bridgehead atoms. The van der Waals surface area contributed by atoms with E-state index in [0.717, 1.165) is 29.9 Å². The lowest BCUT2D eigenvalue weighted by Gasteiger charge is -2.20. The monoisotopic (exact) mass is 338 g/mol. The molecule has 0 unspecified atom stereocenters. The zero-order valence-corrected chi connectivity index (χ0v) is 15.1. The smallest absolute Gasteiger partial charge is 0.259 e. The zero-order chi connectivity index (χ0) is 18.1. The fourth-order valence-electron chi connectivity index (χ4n) is 2.52. The summed E-state index contributed by atoms with van der Waals surface area (Å²) in [5.74, 6) is -0.183. The maximum absolute atomic E-state index is 11.8. The average molecular weight is 338 g/mol. The number of carbonyl (C=O) groups is 1. The molecular weight excluding hydrogens is 312 g/mol. The van der Waals surface area contributed by atoms with Gasteiger partial charge < -0.3 is 10.2 Å². The van der Waals surface area contributed by atoms with E-state index in [1.165, 1.54) is 5.69 Å². The second-order valence-corrected chi connectivity index (χ2v) is 5.78. The van der Waals surface area contributed by atoms with E-state index in [-0.39, 0.29) is 12.5 Å². The van der Waals surface area contributed by atoms with Gasteiger partial charge in [0.05, 0.1) is 12.8 Å². The molecule has 0 saturated heterocycles. The minimum atomic E-state index is -0.183. The highest BCUT2D eigenvalue weighted by molar-refractivity contribution is 5.84. The van der Waals surface area contributed by atoms with Crippen LogP contribution < -0.4 is 15.6 Å². The molecule has 0 aliphatic heterocycles. The number of benzene rings is 2. The first-order chi connectivity index (χ1) is 12.1. The van der Waals surface area contributed by atoms with Gasteiger partial charge in [-0.25, -0.2) is 5.43 Å². The van der Waals surface area contributed by atoms with Crippen molar-refractivity contribution < 1.29 is 4.79 Å². The molecule has 0 aromatic heterocycles. The lowest BCUT2D eigenvalue weighted by molar-refractivity contribution is -0.119. The van der Waals surface area contributed by atoms with E-state index in [4.69, 9.17) is 0 Å². The summed E-state index contributed by atoms with van der Waals surface area (Å²) in [4.78, 5) is 14.1. The lowest BCUT2D eigenvalue weighted by Crippen LogP contribution is -2.25. The maximum atomic E-state index is 11.8. The topological polar surface area (TPSA) is 56.7 Å². The zero-order valence-electron chi connectivity index (χ0n) is 15.1. The van der Waals surface area contributed by atoms with Crippen LogP contribution in [0.5, 0.6) is 0 Å². The first kappa shape index (κ1) is 18.5. The third kappa shape index (κ3) is 5.95. The molecule has 2 N–H and O–H groups in total. The van der Waals surface area contributed by atoms with Crippen LogP contribution in [0.2, 0.25) is 0 Å². The van der Waals surface area contributed by atoms with Gasteiger partial charge in [-0.2, -0.15) is 5.10 Å². The minimum Gasteiger partial charge on any atom is -0.376 e. The number of nitrogens with one attached hydrogen (secondary N) is 2. The van der Waals surface area contributed by atoms with Gasteiger partial charge in [0.15, 0.2) is 0 Å². The third-order valence-corrected chi connectivity index (χ3v) is 3.90. The van der Waals surface area contributed by atoms with Crippen molar-refractivity contribution in [3.8, 4) is 0 Å². The molecule has 0 radical (unpaired) electrons. The van der Waals surface area contributed by atoms with Crippen LogP contribution in [0, 0.1) is 6.92 Å². The standard InChI is InChI=1S/C20H26N4O/c1-4-24(5-2)19-11-9-17(10-12-19)14-22-23-20(25)15-21-18-8-6-7-16(3)13-18/h6-14,21H,4-5,15H2,1-3H3,(H,23,25)/b22-14-. The van der Waals surface area contributed by atoms with Crippen molar-refractivity contribution in [1.29, 1.82) is 0 Å². The van der Waals surface area contributed by atoms with Crippen molar-refractivity contribution in [3.63, 3.8) is 0 Å². The van der Waals surface area contributed by atoms with Gasteiger partial charge in [0, 0.05) is 24.5 Å². The summed E-state index contributed by atoms with van der Waals surface area (Å²) in [7, 11) is 0. The number of hydrogen-bond donors (Lipinski definition) is 2. The second kappa shape index (κ2) is 9.47. The minimum absolute atomic E-state index is 0.182. The number of nitrogens with zero attached hydrogens (tertiary/aromatic N) is 2. The van der Waals surface area contributed by atoms with Crippen LogP contribution in [-0.2, 0) is 4.79 Å². The van der Waals surface area contributed by atoms with Gasteiger partial charge >= 0.3 is 0 Å². The molecule has 5 nitrogen and oxygen atoms in total. The fraction of sp³-hybridized carbons (Fsp3) is 0.300. The van der Waals surface area contributed by atoms with Gasteiger partial charge in [0.1, 0.15) is 0 Å². The summed E-state index contributed by atoms with van der Waals surface area (Å²) in [6, 6.07) is 16.0. The molecule has 0 heterocycles. The van der Waals surface area contributed by atoms with Crippen molar-refractivity contribution in [2.24, 2.45) is 5.10 Å². The highest BCUT2D eigenvalue weighted by atomic mass is 16.2. The Labute approximate surface area is 149 Å². The molecular formula is C20H26N4O. The Morgan fingerprint density at radius 3 is 2.48 bits per heavy atom. The van der Waals surface area contributed by atoms with E-state index < -0.39 is 0 Å². The molecule has 0 aliphatic carbocycles. The maximum Gasteiger partial charge on any atom is 0.259 e. The van der Waals surface area contributed by atoms with Crippen LogP contribution in [0.1, 0.15) is 25.0 Å². The van der Waals surface area contributed by atoms with Gasteiger partial charge in [0.25, 0.3) is 5.91 Å².